The molecule has 4 rings (SSSR count). The zero-order valence-electron chi connectivity index (χ0n) is 17.0. The van der Waals surface area contributed by atoms with E-state index in [0.29, 0.717) is 16.8 Å². The third-order valence-electron chi connectivity index (χ3n) is 5.39. The van der Waals surface area contributed by atoms with E-state index in [1.165, 1.54) is 28.5 Å². The van der Waals surface area contributed by atoms with Crippen molar-refractivity contribution in [3.05, 3.63) is 47.8 Å². The van der Waals surface area contributed by atoms with Gasteiger partial charge < -0.3 is 10.2 Å². The van der Waals surface area contributed by atoms with Crippen molar-refractivity contribution in [1.82, 2.24) is 9.88 Å². The number of hydrogen-bond donors (Lipinski definition) is 1. The van der Waals surface area contributed by atoms with Crippen molar-refractivity contribution < 1.29 is 9.59 Å². The van der Waals surface area contributed by atoms with E-state index in [4.69, 9.17) is 0 Å². The largest absolute Gasteiger partial charge is 0.342 e. The van der Waals surface area contributed by atoms with Gasteiger partial charge in [0.1, 0.15) is 0 Å². The van der Waals surface area contributed by atoms with Crippen LogP contribution in [0.1, 0.15) is 19.8 Å². The molecule has 0 bridgehead atoms. The van der Waals surface area contributed by atoms with Crippen LogP contribution in [-0.2, 0) is 9.59 Å². The van der Waals surface area contributed by atoms with Crippen LogP contribution in [0.3, 0.4) is 0 Å². The predicted octanol–water partition coefficient (Wildman–Crippen LogP) is 4.89. The number of benzene rings is 2. The lowest BCUT2D eigenvalue weighted by atomic mass is 9.99. The number of nitrogens with zero attached hydrogens (tertiary/aromatic N) is 2. The Labute approximate surface area is 184 Å². The number of fused-ring (bicyclic) bond motifs is 1. The monoisotopic (exact) mass is 439 g/mol. The van der Waals surface area contributed by atoms with Crippen LogP contribution < -0.4 is 5.32 Å². The number of aromatic nitrogens is 1. The van der Waals surface area contributed by atoms with Gasteiger partial charge in [0.25, 0.3) is 0 Å². The summed E-state index contributed by atoms with van der Waals surface area (Å²) in [4.78, 5) is 31.0. The number of thiazole rings is 1. The fraction of sp³-hybridized carbons (Fsp3) is 0.348. The number of nitrogens with one attached hydrogen (secondary N) is 1. The smallest absolute Gasteiger partial charge is 0.236 e. The van der Waals surface area contributed by atoms with E-state index >= 15 is 0 Å². The van der Waals surface area contributed by atoms with Gasteiger partial charge in [0.15, 0.2) is 5.13 Å². The Morgan fingerprint density at radius 1 is 1.13 bits per heavy atom. The molecule has 2 heterocycles. The van der Waals surface area contributed by atoms with Crippen LogP contribution in [0.5, 0.6) is 0 Å². The summed E-state index contributed by atoms with van der Waals surface area (Å²) in [5.41, 5.74) is 1.88. The lowest BCUT2D eigenvalue weighted by Gasteiger charge is -2.30. The highest BCUT2D eigenvalue weighted by molar-refractivity contribution is 8.00. The maximum atomic E-state index is 12.3. The summed E-state index contributed by atoms with van der Waals surface area (Å²) in [6.07, 6.45) is 2.14. The molecule has 0 aliphatic carbocycles. The molecule has 0 saturated carbocycles. The van der Waals surface area contributed by atoms with Crippen LogP contribution >= 0.6 is 23.1 Å². The molecule has 1 saturated heterocycles. The Bertz CT molecular complexity index is 1040. The van der Waals surface area contributed by atoms with Crippen molar-refractivity contribution in [3.63, 3.8) is 0 Å². The number of rotatable bonds is 6. The Morgan fingerprint density at radius 3 is 2.70 bits per heavy atom. The molecule has 1 aromatic heterocycles. The van der Waals surface area contributed by atoms with E-state index in [1.807, 2.05) is 28.5 Å². The normalized spacial score (nSPS) is 14.8. The van der Waals surface area contributed by atoms with Gasteiger partial charge >= 0.3 is 0 Å². The average molecular weight is 440 g/mol. The van der Waals surface area contributed by atoms with Gasteiger partial charge in [0.05, 0.1) is 17.2 Å². The zero-order chi connectivity index (χ0) is 20.9. The minimum Gasteiger partial charge on any atom is -0.342 e. The first-order valence-corrected chi connectivity index (χ1v) is 12.2. The SMILES string of the molecule is CC1CCN(C(=O)CSCC(=O)Nc2nc(-c3ccc4ccccc4c3)cs2)CC1. The lowest BCUT2D eigenvalue weighted by molar-refractivity contribution is -0.129. The van der Waals surface area contributed by atoms with Crippen LogP contribution in [0, 0.1) is 5.92 Å². The number of amides is 2. The van der Waals surface area contributed by atoms with Gasteiger partial charge in [-0.15, -0.1) is 23.1 Å². The van der Waals surface area contributed by atoms with Crippen LogP contribution in [0.15, 0.2) is 47.8 Å². The van der Waals surface area contributed by atoms with Gasteiger partial charge in [-0.3, -0.25) is 9.59 Å². The fourth-order valence-electron chi connectivity index (χ4n) is 3.55. The third kappa shape index (κ3) is 5.21. The highest BCUT2D eigenvalue weighted by atomic mass is 32.2. The molecule has 1 aliphatic heterocycles. The summed E-state index contributed by atoms with van der Waals surface area (Å²) in [7, 11) is 0. The molecule has 1 aliphatic rings. The first kappa shape index (κ1) is 20.9. The molecule has 0 radical (unpaired) electrons. The summed E-state index contributed by atoms with van der Waals surface area (Å²) in [6, 6.07) is 14.4. The molecule has 7 heteroatoms. The zero-order valence-corrected chi connectivity index (χ0v) is 18.6. The number of likely N-dealkylation sites (tertiary alicyclic amines) is 1. The summed E-state index contributed by atoms with van der Waals surface area (Å²) < 4.78 is 0. The van der Waals surface area contributed by atoms with E-state index < -0.39 is 0 Å². The maximum absolute atomic E-state index is 12.3. The molecule has 156 valence electrons. The minimum absolute atomic E-state index is 0.125. The molecule has 1 N–H and O–H groups in total. The molecule has 30 heavy (non-hydrogen) atoms. The highest BCUT2D eigenvalue weighted by Crippen LogP contribution is 2.28. The molecular formula is C23H25N3O2S2. The van der Waals surface area contributed by atoms with Gasteiger partial charge in [-0.05, 0) is 35.6 Å². The quantitative estimate of drug-likeness (QED) is 0.594. The van der Waals surface area contributed by atoms with E-state index in [9.17, 15) is 9.59 Å². The Hall–Kier alpha value is -2.38. The summed E-state index contributed by atoms with van der Waals surface area (Å²) >= 11 is 2.77. The van der Waals surface area contributed by atoms with Crippen LogP contribution in [-0.4, -0.2) is 46.3 Å². The summed E-state index contributed by atoms with van der Waals surface area (Å²) in [6.45, 7) is 3.90. The Balaban J connectivity index is 1.27. The number of hydrogen-bond acceptors (Lipinski definition) is 5. The Kier molecular flexibility index (Phi) is 6.69. The van der Waals surface area contributed by atoms with Gasteiger partial charge in [-0.25, -0.2) is 4.98 Å². The second-order valence-corrected chi connectivity index (χ2v) is 9.55. The van der Waals surface area contributed by atoms with Crippen LogP contribution in [0.25, 0.3) is 22.0 Å². The van der Waals surface area contributed by atoms with Crippen LogP contribution in [0.4, 0.5) is 5.13 Å². The number of piperidine rings is 1. The number of anilines is 1. The predicted molar refractivity (Wildman–Crippen MR) is 126 cm³/mol. The van der Waals surface area contributed by atoms with Gasteiger partial charge in [-0.1, -0.05) is 43.3 Å². The molecule has 5 nitrogen and oxygen atoms in total. The first-order valence-electron chi connectivity index (χ1n) is 10.2. The number of carbonyl (C=O) groups is 2. The molecular weight excluding hydrogens is 414 g/mol. The van der Waals surface area contributed by atoms with Crippen LogP contribution in [0.2, 0.25) is 0 Å². The summed E-state index contributed by atoms with van der Waals surface area (Å²) in [5, 5.41) is 7.74. The molecule has 0 spiro atoms. The van der Waals surface area contributed by atoms with Crippen molar-refractivity contribution >= 4 is 50.8 Å². The standard InChI is InChI=1S/C23H25N3O2S2/c1-16-8-10-26(11-9-16)22(28)15-29-14-21(27)25-23-24-20(13-30-23)19-7-6-17-4-2-3-5-18(17)12-19/h2-7,12-13,16H,8-11,14-15H2,1H3,(H,24,25,27). The molecule has 0 atom stereocenters. The molecule has 2 aromatic carbocycles. The fourth-order valence-corrected chi connectivity index (χ4v) is 5.00. The average Bonchev–Trinajstić information content (AvgIpc) is 3.22. The number of thioether (sulfide) groups is 1. The molecule has 3 aromatic rings. The maximum Gasteiger partial charge on any atom is 0.236 e. The van der Waals surface area contributed by atoms with E-state index in [0.717, 1.165) is 42.6 Å². The second kappa shape index (κ2) is 9.62. The van der Waals surface area contributed by atoms with Crippen molar-refractivity contribution in [1.29, 1.82) is 0 Å². The molecule has 1 fully saturated rings. The highest BCUT2D eigenvalue weighted by Gasteiger charge is 2.20. The van der Waals surface area contributed by atoms with E-state index in [2.05, 4.69) is 41.5 Å². The number of carbonyl (C=O) groups excluding carboxylic acids is 2. The van der Waals surface area contributed by atoms with E-state index in [-0.39, 0.29) is 17.6 Å². The van der Waals surface area contributed by atoms with Crippen molar-refractivity contribution in [2.75, 3.05) is 29.9 Å². The van der Waals surface area contributed by atoms with E-state index in [1.54, 1.807) is 0 Å². The van der Waals surface area contributed by atoms with Crippen molar-refractivity contribution in [2.45, 2.75) is 19.8 Å². The molecule has 2 amide bonds. The van der Waals surface area contributed by atoms with Gasteiger partial charge in [0.2, 0.25) is 11.8 Å². The Morgan fingerprint density at radius 2 is 1.90 bits per heavy atom. The van der Waals surface area contributed by atoms with Gasteiger partial charge in [-0.2, -0.15) is 0 Å². The van der Waals surface area contributed by atoms with Crippen molar-refractivity contribution in [2.24, 2.45) is 5.92 Å². The topological polar surface area (TPSA) is 62.3 Å². The summed E-state index contributed by atoms with van der Waals surface area (Å²) in [5.74, 6) is 1.31. The second-order valence-electron chi connectivity index (χ2n) is 7.70. The van der Waals surface area contributed by atoms with Crippen molar-refractivity contribution in [3.8, 4) is 11.3 Å². The lowest BCUT2D eigenvalue weighted by Crippen LogP contribution is -2.39. The third-order valence-corrected chi connectivity index (χ3v) is 7.07. The van der Waals surface area contributed by atoms with Gasteiger partial charge in [0, 0.05) is 24.0 Å². The first-order chi connectivity index (χ1) is 14.6. The molecule has 0 unspecified atom stereocenters. The minimum atomic E-state index is -0.125.